The third-order valence-corrected chi connectivity index (χ3v) is 5.38. The number of fused-ring (bicyclic) bond motifs is 2. The van der Waals surface area contributed by atoms with Crippen LogP contribution in [0.15, 0.2) is 5.16 Å². The quantitative estimate of drug-likeness (QED) is 0.580. The van der Waals surface area contributed by atoms with Crippen LogP contribution in [0.4, 0.5) is 0 Å². The van der Waals surface area contributed by atoms with E-state index in [1.54, 1.807) is 11.3 Å². The maximum atomic E-state index is 9.33. The number of piperidine rings is 1. The molecule has 0 aliphatic carbocycles. The molecule has 1 atom stereocenters. The predicted octanol–water partition coefficient (Wildman–Crippen LogP) is 3.26. The molecule has 17 heavy (non-hydrogen) atoms. The van der Waals surface area contributed by atoms with Crippen molar-refractivity contribution in [2.75, 3.05) is 6.54 Å². The Balaban J connectivity index is 2.11. The van der Waals surface area contributed by atoms with Gasteiger partial charge in [-0.25, -0.2) is 0 Å². The van der Waals surface area contributed by atoms with Gasteiger partial charge in [-0.1, -0.05) is 23.2 Å². The van der Waals surface area contributed by atoms with Crippen LogP contribution in [0.2, 0.25) is 4.34 Å². The summed E-state index contributed by atoms with van der Waals surface area (Å²) in [5, 5.41) is 12.9. The maximum absolute atomic E-state index is 9.33. The highest BCUT2D eigenvalue weighted by Gasteiger charge is 2.36. The molecule has 0 saturated carbocycles. The Morgan fingerprint density at radius 1 is 1.47 bits per heavy atom. The Labute approximate surface area is 110 Å². The van der Waals surface area contributed by atoms with Crippen LogP contribution in [0.1, 0.15) is 35.3 Å². The minimum Gasteiger partial charge on any atom is -0.411 e. The van der Waals surface area contributed by atoms with Crippen LogP contribution in [0.3, 0.4) is 0 Å². The predicted molar refractivity (Wildman–Crippen MR) is 70.4 cm³/mol. The molecule has 1 N–H and O–H groups in total. The Bertz CT molecular complexity index is 483. The zero-order chi connectivity index (χ0) is 12.0. The fourth-order valence-corrected chi connectivity index (χ4v) is 4.38. The first kappa shape index (κ1) is 11.5. The van der Waals surface area contributed by atoms with E-state index in [9.17, 15) is 5.21 Å². The summed E-state index contributed by atoms with van der Waals surface area (Å²) in [4.78, 5) is 3.66. The van der Waals surface area contributed by atoms with E-state index >= 15 is 0 Å². The molecule has 92 valence electrons. The molecule has 1 unspecified atom stereocenters. The maximum Gasteiger partial charge on any atom is 0.105 e. The average Bonchev–Trinajstić information content (AvgIpc) is 2.62. The second kappa shape index (κ2) is 4.26. The van der Waals surface area contributed by atoms with Crippen molar-refractivity contribution in [3.63, 3.8) is 0 Å². The van der Waals surface area contributed by atoms with Crippen molar-refractivity contribution < 1.29 is 5.21 Å². The van der Waals surface area contributed by atoms with E-state index in [-0.39, 0.29) is 6.04 Å². The summed E-state index contributed by atoms with van der Waals surface area (Å²) in [6, 6.07) is 0.283. The van der Waals surface area contributed by atoms with Crippen molar-refractivity contribution in [1.29, 1.82) is 0 Å². The van der Waals surface area contributed by atoms with Crippen molar-refractivity contribution in [3.05, 3.63) is 20.3 Å². The fraction of sp³-hybridized carbons (Fsp3) is 0.583. The number of hydrogen-bond donors (Lipinski definition) is 1. The molecule has 0 spiro atoms. The Morgan fingerprint density at radius 3 is 3.06 bits per heavy atom. The first-order valence-electron chi connectivity index (χ1n) is 5.96. The minimum atomic E-state index is 0.283. The second-order valence-electron chi connectivity index (χ2n) is 4.77. The van der Waals surface area contributed by atoms with Gasteiger partial charge < -0.3 is 5.21 Å². The van der Waals surface area contributed by atoms with E-state index in [1.165, 1.54) is 17.7 Å². The lowest BCUT2D eigenvalue weighted by molar-refractivity contribution is 0.175. The standard InChI is InChI=1S/C12H15ClN2OS/c1-7-10-9(17-12(7)13)6-15-5-3-2-4-8(15)11(10)14-16/h8,16H,2-6H2,1H3/b14-11+. The lowest BCUT2D eigenvalue weighted by Crippen LogP contribution is -2.47. The van der Waals surface area contributed by atoms with E-state index in [1.807, 2.05) is 6.92 Å². The molecule has 5 heteroatoms. The van der Waals surface area contributed by atoms with Crippen LogP contribution in [0.25, 0.3) is 0 Å². The molecule has 2 aliphatic heterocycles. The monoisotopic (exact) mass is 270 g/mol. The Morgan fingerprint density at radius 2 is 2.29 bits per heavy atom. The van der Waals surface area contributed by atoms with Crippen LogP contribution in [-0.4, -0.2) is 28.4 Å². The van der Waals surface area contributed by atoms with Crippen LogP contribution < -0.4 is 0 Å². The van der Waals surface area contributed by atoms with Gasteiger partial charge in [-0.3, -0.25) is 4.90 Å². The van der Waals surface area contributed by atoms with E-state index in [2.05, 4.69) is 10.1 Å². The molecular formula is C12H15ClN2OS. The van der Waals surface area contributed by atoms with Gasteiger partial charge in [-0.15, -0.1) is 11.3 Å². The van der Waals surface area contributed by atoms with Gasteiger partial charge in [0.1, 0.15) is 5.71 Å². The number of thiophene rings is 1. The number of oxime groups is 1. The Hall–Kier alpha value is -0.580. The van der Waals surface area contributed by atoms with Gasteiger partial charge in [0.25, 0.3) is 0 Å². The van der Waals surface area contributed by atoms with Crippen molar-refractivity contribution in [2.45, 2.75) is 38.8 Å². The second-order valence-corrected chi connectivity index (χ2v) is 6.47. The zero-order valence-electron chi connectivity index (χ0n) is 9.74. The molecule has 0 aromatic carbocycles. The third-order valence-electron chi connectivity index (χ3n) is 3.80. The summed E-state index contributed by atoms with van der Waals surface area (Å²) in [6.45, 7) is 4.07. The number of nitrogens with zero attached hydrogens (tertiary/aromatic N) is 2. The van der Waals surface area contributed by atoms with Gasteiger partial charge >= 0.3 is 0 Å². The summed E-state index contributed by atoms with van der Waals surface area (Å²) in [5.41, 5.74) is 3.00. The van der Waals surface area contributed by atoms with Crippen molar-refractivity contribution in [3.8, 4) is 0 Å². The van der Waals surface area contributed by atoms with E-state index in [0.717, 1.165) is 40.7 Å². The highest BCUT2D eigenvalue weighted by molar-refractivity contribution is 7.16. The molecule has 3 nitrogen and oxygen atoms in total. The van der Waals surface area contributed by atoms with Crippen LogP contribution >= 0.6 is 22.9 Å². The minimum absolute atomic E-state index is 0.283. The molecule has 3 heterocycles. The molecule has 1 aromatic heterocycles. The van der Waals surface area contributed by atoms with Crippen molar-refractivity contribution >= 4 is 28.6 Å². The molecule has 3 rings (SSSR count). The van der Waals surface area contributed by atoms with Crippen molar-refractivity contribution in [1.82, 2.24) is 4.90 Å². The number of halogens is 1. The summed E-state index contributed by atoms with van der Waals surface area (Å²) in [7, 11) is 0. The van der Waals surface area contributed by atoms with Gasteiger partial charge in [0.15, 0.2) is 0 Å². The first-order valence-corrected chi connectivity index (χ1v) is 7.16. The summed E-state index contributed by atoms with van der Waals surface area (Å²) in [6.07, 6.45) is 3.54. The smallest absolute Gasteiger partial charge is 0.105 e. The largest absolute Gasteiger partial charge is 0.411 e. The van der Waals surface area contributed by atoms with Gasteiger partial charge in [-0.2, -0.15) is 0 Å². The zero-order valence-corrected chi connectivity index (χ0v) is 11.3. The number of hydrogen-bond acceptors (Lipinski definition) is 4. The summed E-state index contributed by atoms with van der Waals surface area (Å²) >= 11 is 7.83. The molecular weight excluding hydrogens is 256 g/mol. The third kappa shape index (κ3) is 1.70. The van der Waals surface area contributed by atoms with Gasteiger partial charge in [0.2, 0.25) is 0 Å². The lowest BCUT2D eigenvalue weighted by atomic mass is 9.89. The van der Waals surface area contributed by atoms with E-state index in [4.69, 9.17) is 11.6 Å². The molecule has 1 saturated heterocycles. The van der Waals surface area contributed by atoms with Crippen molar-refractivity contribution in [2.24, 2.45) is 5.16 Å². The fourth-order valence-electron chi connectivity index (χ4n) is 2.95. The Kier molecular flexibility index (Phi) is 2.89. The normalized spacial score (nSPS) is 26.9. The van der Waals surface area contributed by atoms with E-state index in [0.29, 0.717) is 0 Å². The van der Waals surface area contributed by atoms with Gasteiger partial charge in [0.05, 0.1) is 10.4 Å². The molecule has 0 radical (unpaired) electrons. The SMILES string of the molecule is Cc1c(Cl)sc2c1/C(=N/O)C1CCCCN1C2. The van der Waals surface area contributed by atoms with Crippen LogP contribution in [-0.2, 0) is 6.54 Å². The molecule has 0 bridgehead atoms. The van der Waals surface area contributed by atoms with Gasteiger partial charge in [0, 0.05) is 17.0 Å². The van der Waals surface area contributed by atoms with Gasteiger partial charge in [-0.05, 0) is 31.9 Å². The van der Waals surface area contributed by atoms with E-state index < -0.39 is 0 Å². The highest BCUT2D eigenvalue weighted by Crippen LogP contribution is 2.39. The van der Waals surface area contributed by atoms with Crippen LogP contribution in [0, 0.1) is 6.92 Å². The van der Waals surface area contributed by atoms with Crippen LogP contribution in [0.5, 0.6) is 0 Å². The first-order chi connectivity index (χ1) is 8.22. The molecule has 1 fully saturated rings. The average molecular weight is 271 g/mol. The summed E-state index contributed by atoms with van der Waals surface area (Å²) in [5.74, 6) is 0. The molecule has 0 amide bonds. The number of rotatable bonds is 0. The molecule has 1 aromatic rings. The molecule has 2 aliphatic rings. The topological polar surface area (TPSA) is 35.8 Å². The lowest BCUT2D eigenvalue weighted by Gasteiger charge is -2.39. The summed E-state index contributed by atoms with van der Waals surface area (Å²) < 4.78 is 0.830. The highest BCUT2D eigenvalue weighted by atomic mass is 35.5.